The van der Waals surface area contributed by atoms with E-state index in [1.807, 2.05) is 6.07 Å². The first kappa shape index (κ1) is 20.9. The van der Waals surface area contributed by atoms with Gasteiger partial charge < -0.3 is 10.0 Å². The summed E-state index contributed by atoms with van der Waals surface area (Å²) in [6, 6.07) is 7.14. The fraction of sp³-hybridized carbons (Fsp3) is 0.450. The summed E-state index contributed by atoms with van der Waals surface area (Å²) in [6.45, 7) is 0.772. The van der Waals surface area contributed by atoms with Gasteiger partial charge in [-0.05, 0) is 55.2 Å². The van der Waals surface area contributed by atoms with Gasteiger partial charge in [0.2, 0.25) is 5.91 Å². The minimum atomic E-state index is -0.395. The number of imide groups is 1. The highest BCUT2D eigenvalue weighted by molar-refractivity contribution is 8.18. The Labute approximate surface area is 173 Å². The number of hydrogen-bond acceptors (Lipinski definition) is 5. The Morgan fingerprint density at radius 1 is 1.29 bits per heavy atom. The number of carbonyl (C=O) groups excluding carboxylic acids is 3. The fourth-order valence-corrected chi connectivity index (χ4v) is 4.60. The number of hydrogen-bond donors (Lipinski definition) is 1. The fourth-order valence-electron chi connectivity index (χ4n) is 3.56. The maximum Gasteiger partial charge on any atom is 0.293 e. The number of piperidine rings is 1. The van der Waals surface area contributed by atoms with Crippen molar-refractivity contribution in [1.29, 1.82) is 0 Å². The maximum atomic E-state index is 12.6. The van der Waals surface area contributed by atoms with Crippen molar-refractivity contribution in [3.63, 3.8) is 0 Å². The molecule has 3 amide bonds. The third kappa shape index (κ3) is 4.77. The highest BCUT2D eigenvalue weighted by Gasteiger charge is 2.36. The summed E-state index contributed by atoms with van der Waals surface area (Å²) in [7, 11) is 0. The normalized spacial score (nSPS) is 21.6. The van der Waals surface area contributed by atoms with E-state index in [-0.39, 0.29) is 36.8 Å². The second kappa shape index (κ2) is 9.58. The van der Waals surface area contributed by atoms with Gasteiger partial charge in [-0.25, -0.2) is 0 Å². The van der Waals surface area contributed by atoms with E-state index >= 15 is 0 Å². The number of likely N-dealkylation sites (tertiary alicyclic amines) is 1. The lowest BCUT2D eigenvalue weighted by atomic mass is 9.99. The highest BCUT2D eigenvalue weighted by Crippen LogP contribution is 2.33. The second-order valence-corrected chi connectivity index (χ2v) is 8.25. The van der Waals surface area contributed by atoms with Gasteiger partial charge >= 0.3 is 0 Å². The number of halogens is 1. The zero-order chi connectivity index (χ0) is 20.1. The van der Waals surface area contributed by atoms with Crippen molar-refractivity contribution < 1.29 is 19.5 Å². The molecule has 0 aromatic heterocycles. The Kier molecular flexibility index (Phi) is 7.15. The predicted molar refractivity (Wildman–Crippen MR) is 110 cm³/mol. The van der Waals surface area contributed by atoms with Crippen LogP contribution in [0.5, 0.6) is 0 Å². The Morgan fingerprint density at radius 2 is 2.07 bits per heavy atom. The lowest BCUT2D eigenvalue weighted by Crippen LogP contribution is -2.45. The molecule has 0 saturated carbocycles. The van der Waals surface area contributed by atoms with Crippen LogP contribution in [-0.4, -0.2) is 57.7 Å². The zero-order valence-corrected chi connectivity index (χ0v) is 17.0. The van der Waals surface area contributed by atoms with Gasteiger partial charge in [0.15, 0.2) is 0 Å². The Bertz CT molecular complexity index is 796. The summed E-state index contributed by atoms with van der Waals surface area (Å²) in [5.41, 5.74) is 0.672. The van der Waals surface area contributed by atoms with Crippen molar-refractivity contribution in [1.82, 2.24) is 9.80 Å². The van der Waals surface area contributed by atoms with Gasteiger partial charge in [-0.3, -0.25) is 19.3 Å². The van der Waals surface area contributed by atoms with Gasteiger partial charge in [0.05, 0.1) is 4.91 Å². The second-order valence-electron chi connectivity index (χ2n) is 6.85. The van der Waals surface area contributed by atoms with Crippen LogP contribution < -0.4 is 0 Å². The number of amides is 3. The van der Waals surface area contributed by atoms with Crippen molar-refractivity contribution in [2.45, 2.75) is 38.1 Å². The number of aliphatic hydroxyl groups excluding tert-OH is 1. The van der Waals surface area contributed by atoms with Crippen molar-refractivity contribution in [2.75, 3.05) is 19.7 Å². The van der Waals surface area contributed by atoms with E-state index in [4.69, 9.17) is 11.6 Å². The third-order valence-electron chi connectivity index (χ3n) is 5.02. The first-order valence-corrected chi connectivity index (χ1v) is 10.6. The Balaban J connectivity index is 1.63. The van der Waals surface area contributed by atoms with E-state index in [0.717, 1.165) is 35.9 Å². The number of nitrogens with zero attached hydrogens (tertiary/aromatic N) is 2. The molecule has 0 spiro atoms. The van der Waals surface area contributed by atoms with E-state index in [1.54, 1.807) is 29.2 Å². The number of thioether (sulfide) groups is 1. The molecule has 0 aliphatic carbocycles. The number of carbonyl (C=O) groups is 3. The first-order valence-electron chi connectivity index (χ1n) is 9.41. The van der Waals surface area contributed by atoms with Crippen LogP contribution in [0.15, 0.2) is 29.2 Å². The van der Waals surface area contributed by atoms with Crippen LogP contribution in [0.25, 0.3) is 6.08 Å². The summed E-state index contributed by atoms with van der Waals surface area (Å²) in [6.07, 6.45) is 5.14. The molecular formula is C20H23ClN2O4S. The molecular weight excluding hydrogens is 400 g/mol. The standard InChI is InChI=1S/C20H23ClN2O4S/c21-16-7-2-1-5-14(16)13-17-19(26)23(20(27)28-17)11-8-18(25)22-10-4-3-6-15(22)9-12-24/h1-2,5,7,13,15,24H,3-4,6,8-12H2/b17-13-. The molecule has 8 heteroatoms. The number of aliphatic hydroxyl groups is 1. The van der Waals surface area contributed by atoms with Crippen LogP contribution in [-0.2, 0) is 9.59 Å². The van der Waals surface area contributed by atoms with Crippen LogP contribution in [0.2, 0.25) is 5.02 Å². The molecule has 2 fully saturated rings. The van der Waals surface area contributed by atoms with E-state index in [2.05, 4.69) is 0 Å². The topological polar surface area (TPSA) is 77.9 Å². The molecule has 3 rings (SSSR count). The molecule has 1 unspecified atom stereocenters. The Morgan fingerprint density at radius 3 is 2.82 bits per heavy atom. The van der Waals surface area contributed by atoms with Crippen LogP contribution in [0.1, 0.15) is 37.7 Å². The third-order valence-corrected chi connectivity index (χ3v) is 6.28. The molecule has 2 aliphatic rings. The average Bonchev–Trinajstić information content (AvgIpc) is 2.95. The molecule has 1 atom stereocenters. The minimum absolute atomic E-state index is 0.0429. The summed E-state index contributed by atoms with van der Waals surface area (Å²) >= 11 is 6.98. The van der Waals surface area contributed by atoms with Gasteiger partial charge in [0.1, 0.15) is 0 Å². The lowest BCUT2D eigenvalue weighted by molar-refractivity contribution is -0.135. The molecule has 1 aromatic carbocycles. The minimum Gasteiger partial charge on any atom is -0.396 e. The van der Waals surface area contributed by atoms with Crippen molar-refractivity contribution in [3.05, 3.63) is 39.8 Å². The van der Waals surface area contributed by atoms with E-state index in [1.165, 1.54) is 0 Å². The average molecular weight is 423 g/mol. The van der Waals surface area contributed by atoms with Crippen LogP contribution in [0.3, 0.4) is 0 Å². The molecule has 2 heterocycles. The Hall–Kier alpha value is -1.83. The first-order chi connectivity index (χ1) is 13.5. The monoisotopic (exact) mass is 422 g/mol. The number of rotatable bonds is 6. The summed E-state index contributed by atoms with van der Waals surface area (Å²) in [5.74, 6) is -0.472. The van der Waals surface area contributed by atoms with Gasteiger partial charge in [0.25, 0.3) is 11.1 Å². The predicted octanol–water partition coefficient (Wildman–Crippen LogP) is 3.53. The maximum absolute atomic E-state index is 12.6. The molecule has 2 aliphatic heterocycles. The summed E-state index contributed by atoms with van der Waals surface area (Å²) in [5, 5.41) is 9.34. The van der Waals surface area contributed by atoms with Crippen molar-refractivity contribution >= 4 is 46.5 Å². The zero-order valence-electron chi connectivity index (χ0n) is 15.5. The highest BCUT2D eigenvalue weighted by atomic mass is 35.5. The van der Waals surface area contributed by atoms with Gasteiger partial charge in [0, 0.05) is 37.2 Å². The van der Waals surface area contributed by atoms with Crippen LogP contribution in [0, 0.1) is 0 Å². The van der Waals surface area contributed by atoms with Crippen LogP contribution >= 0.6 is 23.4 Å². The van der Waals surface area contributed by atoms with Crippen molar-refractivity contribution in [2.24, 2.45) is 0 Å². The van der Waals surface area contributed by atoms with Gasteiger partial charge in [-0.15, -0.1) is 0 Å². The molecule has 6 nitrogen and oxygen atoms in total. The molecule has 0 bridgehead atoms. The smallest absolute Gasteiger partial charge is 0.293 e. The molecule has 1 aromatic rings. The van der Waals surface area contributed by atoms with Gasteiger partial charge in [-0.2, -0.15) is 0 Å². The molecule has 150 valence electrons. The van der Waals surface area contributed by atoms with E-state index in [0.29, 0.717) is 28.5 Å². The van der Waals surface area contributed by atoms with Crippen molar-refractivity contribution in [3.8, 4) is 0 Å². The summed E-state index contributed by atoms with van der Waals surface area (Å²) < 4.78 is 0. The SMILES string of the molecule is O=C1S/C(=C\c2ccccc2Cl)C(=O)N1CCC(=O)N1CCCCC1CCO. The number of benzene rings is 1. The molecule has 28 heavy (non-hydrogen) atoms. The lowest BCUT2D eigenvalue weighted by Gasteiger charge is -2.36. The molecule has 2 saturated heterocycles. The largest absolute Gasteiger partial charge is 0.396 e. The molecule has 0 radical (unpaired) electrons. The van der Waals surface area contributed by atoms with Gasteiger partial charge in [-0.1, -0.05) is 29.8 Å². The van der Waals surface area contributed by atoms with Crippen LogP contribution in [0.4, 0.5) is 4.79 Å². The quantitative estimate of drug-likeness (QED) is 0.709. The van der Waals surface area contributed by atoms with E-state index < -0.39 is 5.91 Å². The molecule has 1 N–H and O–H groups in total. The van der Waals surface area contributed by atoms with E-state index in [9.17, 15) is 19.5 Å². The summed E-state index contributed by atoms with van der Waals surface area (Å²) in [4.78, 5) is 40.7.